The zero-order chi connectivity index (χ0) is 22.9. The van der Waals surface area contributed by atoms with Crippen LogP contribution in [-0.4, -0.2) is 50.7 Å². The Balaban J connectivity index is 1.89. The fourth-order valence-electron chi connectivity index (χ4n) is 3.51. The molecule has 0 saturated heterocycles. The molecule has 0 spiro atoms. The van der Waals surface area contributed by atoms with Crippen LogP contribution in [0.1, 0.15) is 31.7 Å². The van der Waals surface area contributed by atoms with Crippen molar-refractivity contribution in [2.24, 2.45) is 0 Å². The number of hydrogen-bond acceptors (Lipinski definition) is 6. The van der Waals surface area contributed by atoms with Gasteiger partial charge in [0.15, 0.2) is 0 Å². The number of benzene rings is 2. The van der Waals surface area contributed by atoms with Crippen LogP contribution in [0.5, 0.6) is 11.5 Å². The van der Waals surface area contributed by atoms with Crippen molar-refractivity contribution in [1.29, 1.82) is 0 Å². The van der Waals surface area contributed by atoms with E-state index in [1.165, 1.54) is 4.90 Å². The van der Waals surface area contributed by atoms with E-state index in [1.54, 1.807) is 32.4 Å². The Labute approximate surface area is 189 Å². The molecule has 7 nitrogen and oxygen atoms in total. The molecule has 7 heteroatoms. The quantitative estimate of drug-likeness (QED) is 0.397. The second kappa shape index (κ2) is 11.3. The van der Waals surface area contributed by atoms with Gasteiger partial charge in [-0.1, -0.05) is 37.6 Å². The highest BCUT2D eigenvalue weighted by atomic mass is 16.5. The number of ether oxygens (including phenoxy) is 3. The summed E-state index contributed by atoms with van der Waals surface area (Å²) in [6.07, 6.45) is 2.64. The molecule has 3 rings (SSSR count). The molecule has 0 aliphatic carbocycles. The molecule has 170 valence electrons. The molecule has 0 fully saturated rings. The van der Waals surface area contributed by atoms with Crippen LogP contribution in [-0.2, 0) is 14.3 Å². The Morgan fingerprint density at radius 2 is 1.69 bits per heavy atom. The Bertz CT molecular complexity index is 986. The Morgan fingerprint density at radius 1 is 0.906 bits per heavy atom. The van der Waals surface area contributed by atoms with Crippen LogP contribution in [0.4, 0.5) is 5.69 Å². The zero-order valence-corrected chi connectivity index (χ0v) is 18.8. The maximum absolute atomic E-state index is 13.4. The van der Waals surface area contributed by atoms with E-state index in [0.29, 0.717) is 48.0 Å². The predicted molar refractivity (Wildman–Crippen MR) is 124 cm³/mol. The summed E-state index contributed by atoms with van der Waals surface area (Å²) in [5.41, 5.74) is 1.74. The van der Waals surface area contributed by atoms with Gasteiger partial charge in [0.1, 0.15) is 17.2 Å². The molecule has 0 bridgehead atoms. The minimum absolute atomic E-state index is 0.222. The van der Waals surface area contributed by atoms with Crippen molar-refractivity contribution in [3.8, 4) is 11.5 Å². The van der Waals surface area contributed by atoms with Crippen LogP contribution >= 0.6 is 0 Å². The molecular weight excluding hydrogens is 408 g/mol. The summed E-state index contributed by atoms with van der Waals surface area (Å²) in [4.78, 5) is 27.9. The molecule has 2 aromatic rings. The first-order valence-corrected chi connectivity index (χ1v) is 10.8. The second-order valence-corrected chi connectivity index (χ2v) is 7.39. The highest BCUT2D eigenvalue weighted by Gasteiger charge is 2.39. The van der Waals surface area contributed by atoms with Crippen molar-refractivity contribution in [3.05, 3.63) is 59.8 Å². The number of carbonyl (C=O) groups excluding carboxylic acids is 2. The monoisotopic (exact) mass is 438 g/mol. The lowest BCUT2D eigenvalue weighted by Gasteiger charge is -2.15. The molecule has 0 unspecified atom stereocenters. The van der Waals surface area contributed by atoms with Crippen LogP contribution < -0.4 is 14.8 Å². The van der Waals surface area contributed by atoms with E-state index in [2.05, 4.69) is 12.2 Å². The van der Waals surface area contributed by atoms with Gasteiger partial charge in [0.05, 0.1) is 19.8 Å². The van der Waals surface area contributed by atoms with Gasteiger partial charge in [0.2, 0.25) is 0 Å². The number of carbonyl (C=O) groups is 2. The third kappa shape index (κ3) is 5.29. The van der Waals surface area contributed by atoms with Crippen molar-refractivity contribution in [1.82, 2.24) is 4.90 Å². The molecule has 1 N–H and O–H groups in total. The first-order valence-electron chi connectivity index (χ1n) is 10.8. The van der Waals surface area contributed by atoms with Gasteiger partial charge in [0.25, 0.3) is 11.8 Å². The highest BCUT2D eigenvalue weighted by molar-refractivity contribution is 6.37. The molecule has 1 heterocycles. The number of amides is 2. The van der Waals surface area contributed by atoms with E-state index in [4.69, 9.17) is 14.2 Å². The summed E-state index contributed by atoms with van der Waals surface area (Å²) in [5.74, 6) is 0.455. The molecule has 1 aliphatic heterocycles. The summed E-state index contributed by atoms with van der Waals surface area (Å²) in [7, 11) is 3.12. The normalized spacial score (nSPS) is 13.7. The molecule has 0 atom stereocenters. The summed E-state index contributed by atoms with van der Waals surface area (Å²) in [6.45, 7) is 3.57. The first kappa shape index (κ1) is 23.3. The van der Waals surface area contributed by atoms with Crippen LogP contribution in [0.15, 0.2) is 54.2 Å². The molecule has 2 aromatic carbocycles. The third-order valence-corrected chi connectivity index (χ3v) is 5.20. The Hall–Kier alpha value is -3.32. The summed E-state index contributed by atoms with van der Waals surface area (Å²) < 4.78 is 16.3. The largest absolute Gasteiger partial charge is 0.497 e. The second-order valence-electron chi connectivity index (χ2n) is 7.39. The molecule has 0 radical (unpaired) electrons. The summed E-state index contributed by atoms with van der Waals surface area (Å²) in [5, 5.41) is 3.14. The average Bonchev–Trinajstić information content (AvgIpc) is 3.05. The van der Waals surface area contributed by atoms with Crippen LogP contribution in [0.2, 0.25) is 0 Å². The van der Waals surface area contributed by atoms with Crippen molar-refractivity contribution >= 4 is 23.1 Å². The minimum atomic E-state index is -0.368. The van der Waals surface area contributed by atoms with Gasteiger partial charge in [-0.15, -0.1) is 0 Å². The van der Waals surface area contributed by atoms with E-state index in [9.17, 15) is 9.59 Å². The van der Waals surface area contributed by atoms with E-state index in [-0.39, 0.29) is 24.1 Å². The summed E-state index contributed by atoms with van der Waals surface area (Å²) >= 11 is 0. The molecule has 32 heavy (non-hydrogen) atoms. The van der Waals surface area contributed by atoms with Gasteiger partial charge < -0.3 is 19.5 Å². The van der Waals surface area contributed by atoms with Crippen LogP contribution in [0.3, 0.4) is 0 Å². The summed E-state index contributed by atoms with van der Waals surface area (Å²) in [6, 6.07) is 14.4. The number of nitrogens with one attached hydrogen (secondary N) is 1. The fraction of sp³-hybridized carbons (Fsp3) is 0.360. The van der Waals surface area contributed by atoms with Crippen molar-refractivity contribution in [2.75, 3.05) is 39.3 Å². The van der Waals surface area contributed by atoms with E-state index in [1.807, 2.05) is 30.3 Å². The Kier molecular flexibility index (Phi) is 8.27. The van der Waals surface area contributed by atoms with Crippen molar-refractivity contribution in [2.45, 2.75) is 26.2 Å². The molecule has 0 aromatic heterocycles. The SMILES string of the molecule is CCCCOCCCN1C(=O)C(Nc2cccc(OC)c2)=C(c2ccccc2OC)C1=O. The minimum Gasteiger partial charge on any atom is -0.497 e. The van der Waals surface area contributed by atoms with Crippen molar-refractivity contribution in [3.63, 3.8) is 0 Å². The number of para-hydroxylation sites is 1. The van der Waals surface area contributed by atoms with E-state index >= 15 is 0 Å². The van der Waals surface area contributed by atoms with Crippen molar-refractivity contribution < 1.29 is 23.8 Å². The van der Waals surface area contributed by atoms with Gasteiger partial charge >= 0.3 is 0 Å². The lowest BCUT2D eigenvalue weighted by Crippen LogP contribution is -2.34. The van der Waals surface area contributed by atoms with Gasteiger partial charge in [-0.3, -0.25) is 14.5 Å². The Morgan fingerprint density at radius 3 is 2.44 bits per heavy atom. The standard InChI is InChI=1S/C25H30N2O5/c1-4-5-15-32-16-9-14-27-24(28)22(20-12-6-7-13-21(20)31-3)23(25(27)29)26-18-10-8-11-19(17-18)30-2/h6-8,10-13,17,26H,4-5,9,14-16H2,1-3H3. The number of anilines is 1. The molecular formula is C25H30N2O5. The zero-order valence-electron chi connectivity index (χ0n) is 18.8. The number of methoxy groups -OCH3 is 2. The third-order valence-electron chi connectivity index (χ3n) is 5.20. The predicted octanol–water partition coefficient (Wildman–Crippen LogP) is 4.10. The lowest BCUT2D eigenvalue weighted by atomic mass is 10.0. The van der Waals surface area contributed by atoms with Gasteiger partial charge in [-0.25, -0.2) is 0 Å². The average molecular weight is 439 g/mol. The van der Waals surface area contributed by atoms with Gasteiger partial charge in [0, 0.05) is 37.1 Å². The van der Waals surface area contributed by atoms with Gasteiger partial charge in [-0.05, 0) is 31.0 Å². The van der Waals surface area contributed by atoms with E-state index in [0.717, 1.165) is 12.8 Å². The smallest absolute Gasteiger partial charge is 0.278 e. The van der Waals surface area contributed by atoms with Gasteiger partial charge in [-0.2, -0.15) is 0 Å². The number of rotatable bonds is 12. The molecule has 2 amide bonds. The maximum Gasteiger partial charge on any atom is 0.278 e. The highest BCUT2D eigenvalue weighted by Crippen LogP contribution is 2.35. The van der Waals surface area contributed by atoms with Crippen LogP contribution in [0, 0.1) is 0 Å². The molecule has 1 aliphatic rings. The topological polar surface area (TPSA) is 77.1 Å². The van der Waals surface area contributed by atoms with E-state index < -0.39 is 0 Å². The molecule has 0 saturated carbocycles. The number of imide groups is 1. The lowest BCUT2D eigenvalue weighted by molar-refractivity contribution is -0.137. The number of unbranched alkanes of at least 4 members (excludes halogenated alkanes) is 1. The first-order chi connectivity index (χ1) is 15.6. The number of nitrogens with zero attached hydrogens (tertiary/aromatic N) is 1. The fourth-order valence-corrected chi connectivity index (χ4v) is 3.51. The number of hydrogen-bond donors (Lipinski definition) is 1. The maximum atomic E-state index is 13.4. The van der Waals surface area contributed by atoms with Crippen LogP contribution in [0.25, 0.3) is 5.57 Å².